The first kappa shape index (κ1) is 17.0. The Labute approximate surface area is 118 Å². The molecule has 114 valence electrons. The summed E-state index contributed by atoms with van der Waals surface area (Å²) in [5, 5.41) is 3.12. The lowest BCUT2D eigenvalue weighted by molar-refractivity contribution is -0.138. The molecule has 0 amide bonds. The quantitative estimate of drug-likeness (QED) is 0.768. The molecule has 1 unspecified atom stereocenters. The normalized spacial score (nSPS) is 13.5. The Hall–Kier alpha value is -1.07. The predicted molar refractivity (Wildman–Crippen MR) is 73.8 cm³/mol. The van der Waals surface area contributed by atoms with E-state index in [1.54, 1.807) is 0 Å². The number of rotatable bonds is 7. The van der Waals surface area contributed by atoms with E-state index in [1.165, 1.54) is 11.1 Å². The third kappa shape index (κ3) is 5.92. The zero-order valence-corrected chi connectivity index (χ0v) is 12.2. The lowest BCUT2D eigenvalue weighted by Crippen LogP contribution is -2.22. The molecule has 0 heterocycles. The van der Waals surface area contributed by atoms with Crippen LogP contribution in [0.1, 0.15) is 35.6 Å². The van der Waals surface area contributed by atoms with Crippen LogP contribution >= 0.6 is 0 Å². The largest absolute Gasteiger partial charge is 0.389 e. The lowest BCUT2D eigenvalue weighted by atomic mass is 10.0. The number of hydrogen-bond acceptors (Lipinski definition) is 2. The number of likely N-dealkylation sites (N-methyl/N-ethyl adjacent to an activating group) is 1. The van der Waals surface area contributed by atoms with Crippen molar-refractivity contribution >= 4 is 0 Å². The Kier molecular flexibility index (Phi) is 6.49. The Morgan fingerprint density at radius 3 is 2.45 bits per heavy atom. The van der Waals surface area contributed by atoms with Gasteiger partial charge in [-0.15, -0.1) is 0 Å². The van der Waals surface area contributed by atoms with E-state index >= 15 is 0 Å². The van der Waals surface area contributed by atoms with E-state index < -0.39 is 12.6 Å². The smallest absolute Gasteiger partial charge is 0.379 e. The van der Waals surface area contributed by atoms with Crippen molar-refractivity contribution in [2.75, 3.05) is 20.3 Å². The van der Waals surface area contributed by atoms with Gasteiger partial charge in [0.05, 0.1) is 12.6 Å². The fourth-order valence-electron chi connectivity index (χ4n) is 1.90. The van der Waals surface area contributed by atoms with Gasteiger partial charge < -0.3 is 10.1 Å². The molecule has 1 atom stereocenters. The average molecular weight is 289 g/mol. The molecule has 0 saturated carbocycles. The van der Waals surface area contributed by atoms with Gasteiger partial charge in [-0.25, -0.2) is 0 Å². The molecule has 0 spiro atoms. The van der Waals surface area contributed by atoms with Crippen molar-refractivity contribution in [3.63, 3.8) is 0 Å². The molecule has 0 fully saturated rings. The first-order valence-electron chi connectivity index (χ1n) is 6.72. The van der Waals surface area contributed by atoms with E-state index in [0.717, 1.165) is 5.56 Å². The van der Waals surface area contributed by atoms with Gasteiger partial charge in [0, 0.05) is 13.0 Å². The van der Waals surface area contributed by atoms with Crippen LogP contribution in [0.25, 0.3) is 0 Å². The van der Waals surface area contributed by atoms with E-state index in [0.29, 0.717) is 6.61 Å². The lowest BCUT2D eigenvalue weighted by Gasteiger charge is -2.18. The van der Waals surface area contributed by atoms with Gasteiger partial charge in [-0.05, 0) is 44.0 Å². The van der Waals surface area contributed by atoms with Crippen molar-refractivity contribution in [1.29, 1.82) is 0 Å². The molecule has 0 aliphatic carbocycles. The number of benzene rings is 1. The molecule has 0 aliphatic heterocycles. The number of nitrogens with one attached hydrogen (secondary N) is 1. The molecule has 1 aromatic carbocycles. The maximum absolute atomic E-state index is 12.0. The minimum absolute atomic E-state index is 0.000173. The van der Waals surface area contributed by atoms with Gasteiger partial charge in [0.15, 0.2) is 0 Å². The highest BCUT2D eigenvalue weighted by molar-refractivity contribution is 5.31. The summed E-state index contributed by atoms with van der Waals surface area (Å²) >= 11 is 0. The number of ether oxygens (including phenoxy) is 1. The van der Waals surface area contributed by atoms with Crippen LogP contribution in [0, 0.1) is 13.8 Å². The summed E-state index contributed by atoms with van der Waals surface area (Å²) < 4.78 is 41.3. The molecule has 0 radical (unpaired) electrons. The summed E-state index contributed by atoms with van der Waals surface area (Å²) in [6.07, 6.45) is -4.88. The minimum atomic E-state index is -4.10. The summed E-state index contributed by atoms with van der Waals surface area (Å²) in [4.78, 5) is 0. The van der Waals surface area contributed by atoms with Crippen LogP contribution < -0.4 is 5.32 Å². The SMILES string of the molecule is CNC(COCCCC(F)(F)F)c1ccc(C)c(C)c1. The van der Waals surface area contributed by atoms with Gasteiger partial charge in [0.25, 0.3) is 0 Å². The van der Waals surface area contributed by atoms with E-state index in [9.17, 15) is 13.2 Å². The minimum Gasteiger partial charge on any atom is -0.379 e. The Morgan fingerprint density at radius 1 is 1.20 bits per heavy atom. The van der Waals surface area contributed by atoms with E-state index in [4.69, 9.17) is 4.74 Å². The van der Waals surface area contributed by atoms with Crippen LogP contribution in [-0.2, 0) is 4.74 Å². The summed E-state index contributed by atoms with van der Waals surface area (Å²) in [6, 6.07) is 6.14. The van der Waals surface area contributed by atoms with Crippen molar-refractivity contribution in [1.82, 2.24) is 5.32 Å². The van der Waals surface area contributed by atoms with Crippen molar-refractivity contribution in [3.05, 3.63) is 34.9 Å². The number of hydrogen-bond donors (Lipinski definition) is 1. The van der Waals surface area contributed by atoms with Crippen LogP contribution in [0.4, 0.5) is 13.2 Å². The standard InChI is InChI=1S/C15H22F3NO/c1-11-5-6-13(9-12(11)2)14(19-3)10-20-8-4-7-15(16,17)18/h5-6,9,14,19H,4,7-8,10H2,1-3H3. The molecular weight excluding hydrogens is 267 g/mol. The maximum atomic E-state index is 12.0. The Morgan fingerprint density at radius 2 is 1.90 bits per heavy atom. The Bertz CT molecular complexity index is 418. The van der Waals surface area contributed by atoms with Crippen molar-refractivity contribution in [2.24, 2.45) is 0 Å². The maximum Gasteiger partial charge on any atom is 0.389 e. The average Bonchev–Trinajstić information content (AvgIpc) is 2.36. The summed E-state index contributed by atoms with van der Waals surface area (Å²) in [7, 11) is 1.82. The van der Waals surface area contributed by atoms with E-state index in [1.807, 2.05) is 33.0 Å². The second-order valence-corrected chi connectivity index (χ2v) is 4.98. The van der Waals surface area contributed by atoms with Crippen molar-refractivity contribution < 1.29 is 17.9 Å². The van der Waals surface area contributed by atoms with Crippen LogP contribution in [0.2, 0.25) is 0 Å². The van der Waals surface area contributed by atoms with Gasteiger partial charge in [-0.1, -0.05) is 18.2 Å². The van der Waals surface area contributed by atoms with Crippen molar-refractivity contribution in [2.45, 2.75) is 38.9 Å². The molecule has 0 bridgehead atoms. The van der Waals surface area contributed by atoms with E-state index in [-0.39, 0.29) is 19.1 Å². The third-order valence-corrected chi connectivity index (χ3v) is 3.32. The van der Waals surface area contributed by atoms with Crippen molar-refractivity contribution in [3.8, 4) is 0 Å². The number of aryl methyl sites for hydroxylation is 2. The molecule has 5 heteroatoms. The van der Waals surface area contributed by atoms with Crippen LogP contribution in [0.15, 0.2) is 18.2 Å². The highest BCUT2D eigenvalue weighted by atomic mass is 19.4. The van der Waals surface area contributed by atoms with E-state index in [2.05, 4.69) is 11.4 Å². The highest BCUT2D eigenvalue weighted by Crippen LogP contribution is 2.21. The second-order valence-electron chi connectivity index (χ2n) is 4.98. The first-order valence-corrected chi connectivity index (χ1v) is 6.72. The fourth-order valence-corrected chi connectivity index (χ4v) is 1.90. The van der Waals surface area contributed by atoms with Gasteiger partial charge >= 0.3 is 6.18 Å². The molecule has 0 saturated heterocycles. The topological polar surface area (TPSA) is 21.3 Å². The molecule has 0 aromatic heterocycles. The molecule has 0 aliphatic rings. The Balaban J connectivity index is 2.41. The molecule has 1 rings (SSSR count). The zero-order chi connectivity index (χ0) is 15.2. The first-order chi connectivity index (χ1) is 9.33. The second kappa shape index (κ2) is 7.64. The summed E-state index contributed by atoms with van der Waals surface area (Å²) in [6.45, 7) is 4.58. The predicted octanol–water partition coefficient (Wildman–Crippen LogP) is 3.92. The summed E-state index contributed by atoms with van der Waals surface area (Å²) in [5.41, 5.74) is 3.50. The summed E-state index contributed by atoms with van der Waals surface area (Å²) in [5.74, 6) is 0. The molecule has 1 N–H and O–H groups in total. The van der Waals surface area contributed by atoms with Gasteiger partial charge in [-0.3, -0.25) is 0 Å². The zero-order valence-electron chi connectivity index (χ0n) is 12.2. The molecule has 1 aromatic rings. The van der Waals surface area contributed by atoms with Crippen LogP contribution in [0.3, 0.4) is 0 Å². The monoisotopic (exact) mass is 289 g/mol. The van der Waals surface area contributed by atoms with Crippen LogP contribution in [0.5, 0.6) is 0 Å². The number of halogens is 3. The molecule has 20 heavy (non-hydrogen) atoms. The third-order valence-electron chi connectivity index (χ3n) is 3.32. The van der Waals surface area contributed by atoms with Crippen LogP contribution in [-0.4, -0.2) is 26.4 Å². The molecule has 2 nitrogen and oxygen atoms in total. The fraction of sp³-hybridized carbons (Fsp3) is 0.600. The van der Waals surface area contributed by atoms with Gasteiger partial charge in [0.1, 0.15) is 0 Å². The highest BCUT2D eigenvalue weighted by Gasteiger charge is 2.26. The van der Waals surface area contributed by atoms with Gasteiger partial charge in [0.2, 0.25) is 0 Å². The molecular formula is C15H22F3NO. The number of alkyl halides is 3. The van der Waals surface area contributed by atoms with Gasteiger partial charge in [-0.2, -0.15) is 13.2 Å².